The van der Waals surface area contributed by atoms with Gasteiger partial charge in [0.2, 0.25) is 0 Å². The number of phosphoric acid groups is 2. The van der Waals surface area contributed by atoms with Crippen LogP contribution in [-0.2, 0) is 18.1 Å². The highest BCUT2D eigenvalue weighted by molar-refractivity contribution is 7.55. The Morgan fingerprint density at radius 2 is 1.12 bits per heavy atom. The number of benzene rings is 2. The summed E-state index contributed by atoms with van der Waals surface area (Å²) in [7, 11) is -7.85. The van der Waals surface area contributed by atoms with Crippen LogP contribution < -0.4 is 18.8 Å². The van der Waals surface area contributed by atoms with E-state index in [1.54, 1.807) is 60.7 Å². The first-order valence-electron chi connectivity index (χ1n) is 7.38. The van der Waals surface area contributed by atoms with Crippen LogP contribution in [0.25, 0.3) is 0 Å². The first kappa shape index (κ1) is 17.1. The summed E-state index contributed by atoms with van der Waals surface area (Å²) in [5.41, 5.74) is 0. The molecule has 2 atom stereocenters. The zero-order chi connectivity index (χ0) is 17.4. The molecule has 0 bridgehead atoms. The van der Waals surface area contributed by atoms with E-state index >= 15 is 0 Å². The van der Waals surface area contributed by atoms with Crippen LogP contribution in [0.5, 0.6) is 11.5 Å². The lowest BCUT2D eigenvalue weighted by atomic mass is 10.3. The van der Waals surface area contributed by atoms with E-state index in [9.17, 15) is 9.79 Å². The van der Waals surface area contributed by atoms with Crippen molar-refractivity contribution in [3.63, 3.8) is 0 Å². The summed E-state index contributed by atoms with van der Waals surface area (Å²) in [6.45, 7) is -0.529. The van der Waals surface area contributed by atoms with Crippen LogP contribution in [0.1, 0.15) is 0 Å². The van der Waals surface area contributed by atoms with Crippen LogP contribution >= 0.6 is 16.3 Å². The minimum Gasteiger partial charge on any atom is -0.598 e. The van der Waals surface area contributed by atoms with Crippen LogP contribution in [0.4, 0.5) is 0 Å². The van der Waals surface area contributed by atoms with E-state index in [1.807, 2.05) is 0 Å². The molecule has 2 unspecified atom stereocenters. The van der Waals surface area contributed by atoms with Gasteiger partial charge in [0.05, 0.1) is 0 Å². The van der Waals surface area contributed by atoms with Crippen LogP contribution in [0.2, 0.25) is 0 Å². The van der Waals surface area contributed by atoms with Crippen molar-refractivity contribution < 1.29 is 36.9 Å². The third kappa shape index (κ3) is 3.77. The van der Waals surface area contributed by atoms with Crippen molar-refractivity contribution in [3.8, 4) is 11.5 Å². The molecule has 2 aromatic rings. The number of phosphoric ester groups is 2. The molecule has 0 N–H and O–H groups in total. The molecule has 0 aliphatic carbocycles. The van der Waals surface area contributed by atoms with Crippen LogP contribution in [0, 0.1) is 0 Å². The number of para-hydroxylation sites is 2. The third-order valence-electron chi connectivity index (χ3n) is 3.36. The zero-order valence-electron chi connectivity index (χ0n) is 12.8. The highest BCUT2D eigenvalue weighted by Crippen LogP contribution is 2.69. The van der Waals surface area contributed by atoms with Gasteiger partial charge in [0.1, 0.15) is 0 Å². The molecule has 4 rings (SSSR count). The van der Waals surface area contributed by atoms with Gasteiger partial charge in [-0.15, -0.1) is 9.05 Å². The minimum absolute atomic E-state index is 0.265. The van der Waals surface area contributed by atoms with Crippen molar-refractivity contribution in [2.45, 2.75) is 5.79 Å². The SMILES string of the molecule is [O-][P+]1(Oc2ccccc2)OCC2(CO[P+]([O-])(Oc3ccccc3)O2)O1. The van der Waals surface area contributed by atoms with E-state index < -0.39 is 22.1 Å². The fourth-order valence-corrected chi connectivity index (χ4v) is 5.20. The second-order valence-electron chi connectivity index (χ2n) is 5.34. The molecule has 2 fully saturated rings. The monoisotopic (exact) mass is 384 g/mol. The van der Waals surface area contributed by atoms with Crippen molar-refractivity contribution in [2.75, 3.05) is 13.2 Å². The molecule has 0 radical (unpaired) electrons. The van der Waals surface area contributed by atoms with Crippen LogP contribution in [-0.4, -0.2) is 19.0 Å². The smallest absolute Gasteiger partial charge is 0.432 e. The molecular weight excluding hydrogens is 370 g/mol. The van der Waals surface area contributed by atoms with Crippen LogP contribution in [0.15, 0.2) is 60.7 Å². The lowest BCUT2D eigenvalue weighted by Crippen LogP contribution is -2.35. The maximum Gasteiger partial charge on any atom is 0.432 e. The molecule has 8 nitrogen and oxygen atoms in total. The van der Waals surface area contributed by atoms with Crippen molar-refractivity contribution in [3.05, 3.63) is 60.7 Å². The van der Waals surface area contributed by atoms with E-state index in [1.165, 1.54) is 0 Å². The maximum absolute atomic E-state index is 12.6. The maximum atomic E-state index is 12.6. The number of hydrogen-bond donors (Lipinski definition) is 0. The van der Waals surface area contributed by atoms with Crippen molar-refractivity contribution in [1.82, 2.24) is 0 Å². The van der Waals surface area contributed by atoms with E-state index in [4.69, 9.17) is 27.1 Å². The third-order valence-corrected chi connectivity index (χ3v) is 6.23. The molecule has 132 valence electrons. The second kappa shape index (κ2) is 6.43. The Morgan fingerprint density at radius 3 is 1.52 bits per heavy atom. The Balaban J connectivity index is 1.44. The summed E-state index contributed by atoms with van der Waals surface area (Å²) in [5.74, 6) is -0.981. The fourth-order valence-electron chi connectivity index (χ4n) is 2.29. The molecule has 0 aromatic heterocycles. The topological polar surface area (TPSA) is 102 Å². The summed E-state index contributed by atoms with van der Waals surface area (Å²) >= 11 is 0. The molecule has 2 aromatic carbocycles. The average Bonchev–Trinajstić information content (AvgIpc) is 3.08. The van der Waals surface area contributed by atoms with Gasteiger partial charge in [-0.05, 0) is 24.3 Å². The predicted octanol–water partition coefficient (Wildman–Crippen LogP) is 2.01. The van der Waals surface area contributed by atoms with Gasteiger partial charge in [-0.1, -0.05) is 36.4 Å². The first-order valence-corrected chi connectivity index (χ1v) is 10.3. The summed E-state index contributed by atoms with van der Waals surface area (Å²) in [5, 5.41) is 0. The predicted molar refractivity (Wildman–Crippen MR) is 84.8 cm³/mol. The molecule has 1 spiro atoms. The Bertz CT molecular complexity index is 669. The largest absolute Gasteiger partial charge is 0.598 e. The molecule has 10 heteroatoms. The summed E-state index contributed by atoms with van der Waals surface area (Å²) in [6.07, 6.45) is 0. The molecule has 2 aliphatic heterocycles. The molecule has 25 heavy (non-hydrogen) atoms. The Hall–Kier alpha value is -1.34. The molecular formula is C15H14O8P2. The lowest BCUT2D eigenvalue weighted by Gasteiger charge is -2.22. The highest BCUT2D eigenvalue weighted by Gasteiger charge is 2.68. The van der Waals surface area contributed by atoms with Gasteiger partial charge < -0.3 is 9.79 Å². The van der Waals surface area contributed by atoms with Gasteiger partial charge in [0.15, 0.2) is 24.7 Å². The standard InChI is InChI=1S/C15H14O8P2/c16-24(20-13-7-3-1-4-8-13)18-11-15(22-24)12-19-25(17,23-15)21-14-9-5-2-6-10-14/h1-10H,11-12H2. The number of rotatable bonds is 4. The van der Waals surface area contributed by atoms with Gasteiger partial charge in [-0.25, -0.2) is 0 Å². The van der Waals surface area contributed by atoms with Gasteiger partial charge in [-0.2, -0.15) is 9.05 Å². The van der Waals surface area contributed by atoms with Gasteiger partial charge >= 0.3 is 22.1 Å². The Morgan fingerprint density at radius 1 is 0.720 bits per heavy atom. The molecule has 0 amide bonds. The summed E-state index contributed by atoms with van der Waals surface area (Å²) in [4.78, 5) is 25.2. The Kier molecular flexibility index (Phi) is 4.40. The van der Waals surface area contributed by atoms with E-state index in [0.717, 1.165) is 0 Å². The van der Waals surface area contributed by atoms with E-state index in [2.05, 4.69) is 0 Å². The van der Waals surface area contributed by atoms with Gasteiger partial charge in [0.25, 0.3) is 0 Å². The minimum atomic E-state index is -3.93. The van der Waals surface area contributed by atoms with Crippen LogP contribution in [0.3, 0.4) is 0 Å². The second-order valence-corrected chi connectivity index (χ2v) is 8.38. The average molecular weight is 384 g/mol. The first-order chi connectivity index (χ1) is 12.0. The molecule has 2 aliphatic rings. The van der Waals surface area contributed by atoms with Crippen molar-refractivity contribution in [2.24, 2.45) is 0 Å². The van der Waals surface area contributed by atoms with Crippen molar-refractivity contribution >= 4 is 16.3 Å². The molecule has 0 saturated carbocycles. The lowest BCUT2D eigenvalue weighted by molar-refractivity contribution is -0.248. The summed E-state index contributed by atoms with van der Waals surface area (Å²) < 4.78 is 31.6. The zero-order valence-corrected chi connectivity index (χ0v) is 14.6. The quantitative estimate of drug-likeness (QED) is 0.738. The highest BCUT2D eigenvalue weighted by atomic mass is 31.2. The van der Waals surface area contributed by atoms with E-state index in [-0.39, 0.29) is 13.2 Å². The summed E-state index contributed by atoms with van der Waals surface area (Å²) in [6, 6.07) is 16.8. The van der Waals surface area contributed by atoms with Gasteiger partial charge in [0, 0.05) is 0 Å². The fraction of sp³-hybridized carbons (Fsp3) is 0.200. The van der Waals surface area contributed by atoms with Crippen molar-refractivity contribution in [1.29, 1.82) is 0 Å². The Labute approximate surface area is 145 Å². The molecule has 2 heterocycles. The number of hydrogen-bond acceptors (Lipinski definition) is 8. The van der Waals surface area contributed by atoms with E-state index in [0.29, 0.717) is 11.5 Å². The molecule has 2 saturated heterocycles. The van der Waals surface area contributed by atoms with Gasteiger partial charge in [-0.3, -0.25) is 9.05 Å². The normalized spacial score (nSPS) is 34.3.